The van der Waals surface area contributed by atoms with E-state index in [2.05, 4.69) is 6.92 Å². The molecule has 1 atom stereocenters. The number of benzene rings is 1. The van der Waals surface area contributed by atoms with E-state index in [9.17, 15) is 8.78 Å². The summed E-state index contributed by atoms with van der Waals surface area (Å²) >= 11 is 0. The number of ether oxygens (including phenoxy) is 2. The van der Waals surface area contributed by atoms with E-state index >= 15 is 0 Å². The number of hydrogen-bond acceptors (Lipinski definition) is 2. The van der Waals surface area contributed by atoms with Crippen molar-refractivity contribution in [3.8, 4) is 5.75 Å². The van der Waals surface area contributed by atoms with Crippen molar-refractivity contribution in [2.75, 3.05) is 13.2 Å². The van der Waals surface area contributed by atoms with E-state index in [4.69, 9.17) is 9.47 Å². The first-order valence-electron chi connectivity index (χ1n) is 8.89. The van der Waals surface area contributed by atoms with Crippen LogP contribution >= 0.6 is 0 Å². The first-order chi connectivity index (χ1) is 11.1. The van der Waals surface area contributed by atoms with Gasteiger partial charge in [0.15, 0.2) is 11.6 Å². The molecule has 2 nitrogen and oxygen atoms in total. The molecule has 0 amide bonds. The Labute approximate surface area is 137 Å². The lowest BCUT2D eigenvalue weighted by atomic mass is 9.81. The van der Waals surface area contributed by atoms with Crippen LogP contribution in [0, 0.1) is 23.5 Å². The largest absolute Gasteiger partial charge is 0.490 e. The second-order valence-corrected chi connectivity index (χ2v) is 6.86. The van der Waals surface area contributed by atoms with Crippen molar-refractivity contribution >= 4 is 0 Å². The second-order valence-electron chi connectivity index (χ2n) is 6.86. The summed E-state index contributed by atoms with van der Waals surface area (Å²) in [6.45, 7) is 5.13. The topological polar surface area (TPSA) is 21.8 Å². The van der Waals surface area contributed by atoms with Crippen molar-refractivity contribution in [1.82, 2.24) is 0 Å². The van der Waals surface area contributed by atoms with Crippen LogP contribution in [0.25, 0.3) is 0 Å². The molecule has 23 heavy (non-hydrogen) atoms. The summed E-state index contributed by atoms with van der Waals surface area (Å²) in [5, 5.41) is 0. The van der Waals surface area contributed by atoms with Gasteiger partial charge in [0.25, 0.3) is 0 Å². The molecule has 3 rings (SSSR count). The molecular weight excluding hydrogens is 298 g/mol. The molecule has 4 heteroatoms. The van der Waals surface area contributed by atoms with Crippen LogP contribution in [0.4, 0.5) is 8.78 Å². The van der Waals surface area contributed by atoms with Gasteiger partial charge in [-0.05, 0) is 42.7 Å². The molecule has 1 saturated heterocycles. The van der Waals surface area contributed by atoms with Gasteiger partial charge in [-0.2, -0.15) is 4.39 Å². The lowest BCUT2D eigenvalue weighted by Crippen LogP contribution is -2.20. The molecule has 1 aromatic carbocycles. The normalized spacial score (nSPS) is 27.0. The molecule has 1 saturated carbocycles. The molecule has 1 aliphatic carbocycles. The zero-order valence-corrected chi connectivity index (χ0v) is 14.0. The van der Waals surface area contributed by atoms with E-state index in [0.29, 0.717) is 31.1 Å². The molecule has 1 unspecified atom stereocenters. The molecule has 0 radical (unpaired) electrons. The molecule has 128 valence electrons. The monoisotopic (exact) mass is 324 g/mol. The molecule has 2 aliphatic rings. The second kappa shape index (κ2) is 7.16. The summed E-state index contributed by atoms with van der Waals surface area (Å²) in [4.78, 5) is 0. The zero-order valence-electron chi connectivity index (χ0n) is 14.0. The summed E-state index contributed by atoms with van der Waals surface area (Å²) in [5.41, 5.74) is 1.06. The van der Waals surface area contributed by atoms with Gasteiger partial charge >= 0.3 is 0 Å². The Kier molecular flexibility index (Phi) is 5.20. The van der Waals surface area contributed by atoms with E-state index < -0.39 is 11.6 Å². The van der Waals surface area contributed by atoms with Gasteiger partial charge < -0.3 is 9.47 Å². The van der Waals surface area contributed by atoms with Gasteiger partial charge in [-0.1, -0.05) is 33.1 Å². The van der Waals surface area contributed by atoms with Crippen molar-refractivity contribution in [2.45, 2.75) is 58.5 Å². The Morgan fingerprint density at radius 1 is 1.09 bits per heavy atom. The van der Waals surface area contributed by atoms with Gasteiger partial charge in [-0.25, -0.2) is 4.39 Å². The third kappa shape index (κ3) is 3.68. The quantitative estimate of drug-likeness (QED) is 0.671. The van der Waals surface area contributed by atoms with Crippen molar-refractivity contribution in [1.29, 1.82) is 0 Å². The first-order valence-corrected chi connectivity index (χ1v) is 8.89. The van der Waals surface area contributed by atoms with Crippen LogP contribution in [0.15, 0.2) is 6.07 Å². The van der Waals surface area contributed by atoms with Gasteiger partial charge in [0.1, 0.15) is 6.10 Å². The molecule has 0 bridgehead atoms. The highest BCUT2D eigenvalue weighted by molar-refractivity contribution is 5.41. The molecule has 2 fully saturated rings. The standard InChI is InChI=1S/C19H26F2O2/c1-3-12-5-7-13(8-6-12)10-23-19-14(4-2)9-15(16-11-22-16)17(20)18(19)21/h9,12-13,16H,3-8,10-11H2,1-2H3. The van der Waals surface area contributed by atoms with Gasteiger partial charge in [0.05, 0.1) is 13.2 Å². The summed E-state index contributed by atoms with van der Waals surface area (Å²) in [6, 6.07) is 1.71. The number of halogens is 2. The third-order valence-electron chi connectivity index (χ3n) is 5.34. The summed E-state index contributed by atoms with van der Waals surface area (Å²) in [5.74, 6) is -0.278. The fraction of sp³-hybridized carbons (Fsp3) is 0.684. The molecular formula is C19H26F2O2. The summed E-state index contributed by atoms with van der Waals surface area (Å²) in [6.07, 6.45) is 6.26. The van der Waals surface area contributed by atoms with Crippen LogP contribution in [0.1, 0.15) is 63.2 Å². The summed E-state index contributed by atoms with van der Waals surface area (Å²) < 4.78 is 39.5. The third-order valence-corrected chi connectivity index (χ3v) is 5.34. The van der Waals surface area contributed by atoms with Crippen molar-refractivity contribution < 1.29 is 18.3 Å². The average Bonchev–Trinajstić information content (AvgIpc) is 3.41. The maximum Gasteiger partial charge on any atom is 0.201 e. The Balaban J connectivity index is 1.68. The van der Waals surface area contributed by atoms with Gasteiger partial charge in [-0.3, -0.25) is 0 Å². The fourth-order valence-electron chi connectivity index (χ4n) is 3.57. The van der Waals surface area contributed by atoms with E-state index in [1.54, 1.807) is 6.07 Å². The Morgan fingerprint density at radius 3 is 2.30 bits per heavy atom. The van der Waals surface area contributed by atoms with Crippen LogP contribution in [0.5, 0.6) is 5.75 Å². The minimum absolute atomic E-state index is 0.104. The van der Waals surface area contributed by atoms with E-state index in [1.165, 1.54) is 19.3 Å². The van der Waals surface area contributed by atoms with Crippen LogP contribution in [-0.2, 0) is 11.2 Å². The fourth-order valence-corrected chi connectivity index (χ4v) is 3.57. The molecule has 0 aromatic heterocycles. The maximum absolute atomic E-state index is 14.4. The van der Waals surface area contributed by atoms with E-state index in [0.717, 1.165) is 24.3 Å². The van der Waals surface area contributed by atoms with Crippen LogP contribution in [0.2, 0.25) is 0 Å². The highest BCUT2D eigenvalue weighted by Gasteiger charge is 2.32. The van der Waals surface area contributed by atoms with Gasteiger partial charge in [-0.15, -0.1) is 0 Å². The zero-order chi connectivity index (χ0) is 16.4. The van der Waals surface area contributed by atoms with Gasteiger partial charge in [0.2, 0.25) is 5.82 Å². The Hall–Kier alpha value is -1.16. The highest BCUT2D eigenvalue weighted by Crippen LogP contribution is 2.38. The average molecular weight is 324 g/mol. The number of rotatable bonds is 6. The predicted octanol–water partition coefficient (Wildman–Crippen LogP) is 5.19. The number of epoxide rings is 1. The first kappa shape index (κ1) is 16.7. The Morgan fingerprint density at radius 2 is 1.74 bits per heavy atom. The van der Waals surface area contributed by atoms with Crippen LogP contribution in [0.3, 0.4) is 0 Å². The van der Waals surface area contributed by atoms with Crippen molar-refractivity contribution in [3.05, 3.63) is 28.8 Å². The lowest BCUT2D eigenvalue weighted by Gasteiger charge is -2.28. The van der Waals surface area contributed by atoms with E-state index in [1.807, 2.05) is 6.92 Å². The molecule has 0 spiro atoms. The SMILES string of the molecule is CCc1cc(C2CO2)c(F)c(F)c1OCC1CCC(CC)CC1. The number of aryl methyl sites for hydroxylation is 1. The van der Waals surface area contributed by atoms with Crippen molar-refractivity contribution in [3.63, 3.8) is 0 Å². The summed E-state index contributed by atoms with van der Waals surface area (Å²) in [7, 11) is 0. The molecule has 1 heterocycles. The number of hydrogen-bond donors (Lipinski definition) is 0. The van der Waals surface area contributed by atoms with Crippen molar-refractivity contribution in [2.24, 2.45) is 11.8 Å². The highest BCUT2D eigenvalue weighted by atomic mass is 19.2. The smallest absolute Gasteiger partial charge is 0.201 e. The van der Waals surface area contributed by atoms with E-state index in [-0.39, 0.29) is 11.9 Å². The van der Waals surface area contributed by atoms with Crippen LogP contribution in [-0.4, -0.2) is 13.2 Å². The van der Waals surface area contributed by atoms with Crippen LogP contribution < -0.4 is 4.74 Å². The minimum Gasteiger partial charge on any atom is -0.490 e. The van der Waals surface area contributed by atoms with Gasteiger partial charge in [0, 0.05) is 5.56 Å². The lowest BCUT2D eigenvalue weighted by molar-refractivity contribution is 0.174. The molecule has 0 N–H and O–H groups in total. The minimum atomic E-state index is -0.850. The molecule has 1 aliphatic heterocycles. The predicted molar refractivity (Wildman–Crippen MR) is 85.7 cm³/mol. The molecule has 1 aromatic rings. The maximum atomic E-state index is 14.4. The Bertz CT molecular complexity index is 547.